The van der Waals surface area contributed by atoms with Crippen LogP contribution in [-0.4, -0.2) is 0 Å². The van der Waals surface area contributed by atoms with Crippen LogP contribution in [0.1, 0.15) is 11.1 Å². The first-order valence-electron chi connectivity index (χ1n) is 3.90. The van der Waals surface area contributed by atoms with Crippen LogP contribution in [0.5, 0.6) is 0 Å². The molecule has 0 spiro atoms. The standard InChI is InChI=1S/C10H6Br2N2/c11-9-1-2-10(12)8(4-6-14)7(9)3-5-13/h1-2H,3-4H2. The summed E-state index contributed by atoms with van der Waals surface area (Å²) < 4.78 is 1.76. The molecule has 1 aromatic rings. The summed E-state index contributed by atoms with van der Waals surface area (Å²) in [6.45, 7) is 0. The molecule has 1 rings (SSSR count). The summed E-state index contributed by atoms with van der Waals surface area (Å²) in [6, 6.07) is 7.93. The van der Waals surface area contributed by atoms with Gasteiger partial charge in [-0.15, -0.1) is 0 Å². The Morgan fingerprint density at radius 1 is 0.929 bits per heavy atom. The van der Waals surface area contributed by atoms with Crippen LogP contribution in [0.2, 0.25) is 0 Å². The molecule has 1 aromatic carbocycles. The van der Waals surface area contributed by atoms with Crippen LogP contribution in [-0.2, 0) is 12.8 Å². The van der Waals surface area contributed by atoms with Crippen LogP contribution < -0.4 is 0 Å². The Morgan fingerprint density at radius 3 is 1.57 bits per heavy atom. The zero-order valence-electron chi connectivity index (χ0n) is 7.22. The van der Waals surface area contributed by atoms with Crippen LogP contribution in [0, 0.1) is 22.7 Å². The smallest absolute Gasteiger partial charge is 0.0670 e. The summed E-state index contributed by atoms with van der Waals surface area (Å²) in [5.74, 6) is 0. The van der Waals surface area contributed by atoms with Gasteiger partial charge in [-0.2, -0.15) is 10.5 Å². The van der Waals surface area contributed by atoms with E-state index in [9.17, 15) is 0 Å². The van der Waals surface area contributed by atoms with Crippen molar-refractivity contribution in [3.8, 4) is 12.1 Å². The van der Waals surface area contributed by atoms with Gasteiger partial charge in [-0.05, 0) is 23.3 Å². The van der Waals surface area contributed by atoms with E-state index in [-0.39, 0.29) is 0 Å². The number of halogens is 2. The molecule has 70 valence electrons. The van der Waals surface area contributed by atoms with E-state index in [1.165, 1.54) is 0 Å². The molecule has 0 heterocycles. The zero-order chi connectivity index (χ0) is 10.6. The Hall–Kier alpha value is -0.840. The number of rotatable bonds is 2. The second kappa shape index (κ2) is 5.14. The third-order valence-electron chi connectivity index (χ3n) is 1.83. The van der Waals surface area contributed by atoms with E-state index in [1.54, 1.807) is 0 Å². The lowest BCUT2D eigenvalue weighted by Crippen LogP contribution is -1.95. The first-order valence-corrected chi connectivity index (χ1v) is 5.49. The van der Waals surface area contributed by atoms with E-state index in [2.05, 4.69) is 44.0 Å². The number of benzene rings is 1. The molecule has 0 unspecified atom stereocenters. The molecule has 0 aromatic heterocycles. The van der Waals surface area contributed by atoms with Crippen LogP contribution >= 0.6 is 31.9 Å². The van der Waals surface area contributed by atoms with Gasteiger partial charge >= 0.3 is 0 Å². The van der Waals surface area contributed by atoms with Gasteiger partial charge in [0.1, 0.15) is 0 Å². The molecule has 4 heteroatoms. The molecule has 14 heavy (non-hydrogen) atoms. The van der Waals surface area contributed by atoms with Gasteiger partial charge in [-0.1, -0.05) is 31.9 Å². The number of nitrogens with zero attached hydrogens (tertiary/aromatic N) is 2. The summed E-state index contributed by atoms with van der Waals surface area (Å²) >= 11 is 6.74. The predicted molar refractivity (Wildman–Crippen MR) is 60.5 cm³/mol. The van der Waals surface area contributed by atoms with E-state index in [0.717, 1.165) is 20.1 Å². The zero-order valence-corrected chi connectivity index (χ0v) is 10.4. The first kappa shape index (κ1) is 11.2. The summed E-state index contributed by atoms with van der Waals surface area (Å²) in [5, 5.41) is 17.3. The molecule has 0 atom stereocenters. The average Bonchev–Trinajstić information content (AvgIpc) is 2.17. The fourth-order valence-corrected chi connectivity index (χ4v) is 2.20. The van der Waals surface area contributed by atoms with Crippen LogP contribution in [0.15, 0.2) is 21.1 Å². The minimum atomic E-state index is 0.317. The maximum absolute atomic E-state index is 8.66. The van der Waals surface area contributed by atoms with Crippen molar-refractivity contribution in [1.29, 1.82) is 10.5 Å². The molecule has 0 bridgehead atoms. The van der Waals surface area contributed by atoms with Crippen molar-refractivity contribution in [2.24, 2.45) is 0 Å². The van der Waals surface area contributed by atoms with Gasteiger partial charge in [0.2, 0.25) is 0 Å². The summed E-state index contributed by atoms with van der Waals surface area (Å²) in [7, 11) is 0. The van der Waals surface area contributed by atoms with E-state index in [4.69, 9.17) is 10.5 Å². The fourth-order valence-electron chi connectivity index (χ4n) is 1.18. The Kier molecular flexibility index (Phi) is 4.13. The molecular weight excluding hydrogens is 308 g/mol. The third kappa shape index (κ3) is 2.35. The second-order valence-electron chi connectivity index (χ2n) is 2.66. The SMILES string of the molecule is N#CCc1c(Br)ccc(Br)c1CC#N. The van der Waals surface area contributed by atoms with Crippen LogP contribution in [0.25, 0.3) is 0 Å². The molecule has 0 fully saturated rings. The van der Waals surface area contributed by atoms with Gasteiger partial charge in [0.15, 0.2) is 0 Å². The normalized spacial score (nSPS) is 9.14. The maximum atomic E-state index is 8.66. The van der Waals surface area contributed by atoms with E-state index in [0.29, 0.717) is 12.8 Å². The molecule has 0 saturated heterocycles. The van der Waals surface area contributed by atoms with Crippen LogP contribution in [0.4, 0.5) is 0 Å². The Morgan fingerprint density at radius 2 is 1.29 bits per heavy atom. The molecule has 0 radical (unpaired) electrons. The van der Waals surface area contributed by atoms with Crippen molar-refractivity contribution in [1.82, 2.24) is 0 Å². The molecule has 0 aliphatic rings. The average molecular weight is 314 g/mol. The minimum Gasteiger partial charge on any atom is -0.198 e. The van der Waals surface area contributed by atoms with Crippen molar-refractivity contribution >= 4 is 31.9 Å². The monoisotopic (exact) mass is 312 g/mol. The summed E-state index contributed by atoms with van der Waals surface area (Å²) in [5.41, 5.74) is 1.78. The number of nitriles is 2. The van der Waals surface area contributed by atoms with Gasteiger partial charge in [-0.3, -0.25) is 0 Å². The van der Waals surface area contributed by atoms with Crippen molar-refractivity contribution in [2.45, 2.75) is 12.8 Å². The highest BCUT2D eigenvalue weighted by atomic mass is 79.9. The highest BCUT2D eigenvalue weighted by Crippen LogP contribution is 2.28. The Labute approximate surface area is 99.4 Å². The van der Waals surface area contributed by atoms with E-state index >= 15 is 0 Å². The fraction of sp³-hybridized carbons (Fsp3) is 0.200. The van der Waals surface area contributed by atoms with Gasteiger partial charge in [-0.25, -0.2) is 0 Å². The summed E-state index contributed by atoms with van der Waals surface area (Å²) in [4.78, 5) is 0. The molecule has 0 aliphatic carbocycles. The molecule has 0 aliphatic heterocycles. The van der Waals surface area contributed by atoms with Crippen LogP contribution in [0.3, 0.4) is 0 Å². The van der Waals surface area contributed by atoms with Gasteiger partial charge < -0.3 is 0 Å². The Bertz CT molecular complexity index is 386. The predicted octanol–water partition coefficient (Wildman–Crippen LogP) is 3.34. The van der Waals surface area contributed by atoms with Crippen molar-refractivity contribution in [3.05, 3.63) is 32.2 Å². The summed E-state index contributed by atoms with van der Waals surface area (Å²) in [6.07, 6.45) is 0.633. The first-order chi connectivity index (χ1) is 6.70. The van der Waals surface area contributed by atoms with Gasteiger partial charge in [0.05, 0.1) is 25.0 Å². The Balaban J connectivity index is 3.29. The lowest BCUT2D eigenvalue weighted by molar-refractivity contribution is 1.13. The number of hydrogen-bond acceptors (Lipinski definition) is 2. The van der Waals surface area contributed by atoms with Crippen molar-refractivity contribution in [3.63, 3.8) is 0 Å². The highest BCUT2D eigenvalue weighted by molar-refractivity contribution is 9.11. The maximum Gasteiger partial charge on any atom is 0.0670 e. The lowest BCUT2D eigenvalue weighted by Gasteiger charge is -2.07. The quantitative estimate of drug-likeness (QED) is 0.840. The second-order valence-corrected chi connectivity index (χ2v) is 4.36. The van der Waals surface area contributed by atoms with E-state index < -0.39 is 0 Å². The third-order valence-corrected chi connectivity index (χ3v) is 3.31. The van der Waals surface area contributed by atoms with Crippen molar-refractivity contribution in [2.75, 3.05) is 0 Å². The molecular formula is C10H6Br2N2. The number of hydrogen-bond donors (Lipinski definition) is 0. The molecule has 2 nitrogen and oxygen atoms in total. The van der Waals surface area contributed by atoms with Gasteiger partial charge in [0, 0.05) is 8.95 Å². The van der Waals surface area contributed by atoms with Gasteiger partial charge in [0.25, 0.3) is 0 Å². The topological polar surface area (TPSA) is 47.6 Å². The minimum absolute atomic E-state index is 0.317. The molecule has 0 saturated carbocycles. The largest absolute Gasteiger partial charge is 0.198 e. The van der Waals surface area contributed by atoms with Crippen molar-refractivity contribution < 1.29 is 0 Å². The van der Waals surface area contributed by atoms with E-state index in [1.807, 2.05) is 12.1 Å². The molecule has 0 N–H and O–H groups in total. The highest BCUT2D eigenvalue weighted by Gasteiger charge is 2.09. The lowest BCUT2D eigenvalue weighted by atomic mass is 10.0. The molecule has 0 amide bonds.